The van der Waals surface area contributed by atoms with Crippen LogP contribution in [-0.2, 0) is 9.53 Å². The predicted molar refractivity (Wildman–Crippen MR) is 64.3 cm³/mol. The Kier molecular flexibility index (Phi) is 3.23. The fourth-order valence-electron chi connectivity index (χ4n) is 2.02. The molecule has 1 saturated heterocycles. The summed E-state index contributed by atoms with van der Waals surface area (Å²) in [4.78, 5) is 23.8. The van der Waals surface area contributed by atoms with Crippen molar-refractivity contribution in [3.63, 3.8) is 0 Å². The average molecular weight is 256 g/mol. The lowest BCUT2D eigenvalue weighted by Gasteiger charge is -2.47. The van der Waals surface area contributed by atoms with Gasteiger partial charge in [0.2, 0.25) is 0 Å². The molecular weight excluding hydrogens is 236 g/mol. The summed E-state index contributed by atoms with van der Waals surface area (Å²) in [6, 6.07) is -0.0838. The largest absolute Gasteiger partial charge is 0.480 e. The first kappa shape index (κ1) is 13.1. The first-order valence-electron chi connectivity index (χ1n) is 6.21. The van der Waals surface area contributed by atoms with Gasteiger partial charge in [0, 0.05) is 6.54 Å². The minimum Gasteiger partial charge on any atom is -0.480 e. The van der Waals surface area contributed by atoms with Gasteiger partial charge < -0.3 is 20.1 Å². The lowest BCUT2D eigenvalue weighted by atomic mass is 9.97. The van der Waals surface area contributed by atoms with Crippen LogP contribution in [0.1, 0.15) is 26.7 Å². The number of aliphatic carboxylic acids is 1. The highest BCUT2D eigenvalue weighted by atomic mass is 16.5. The number of carbonyl (C=O) groups is 2. The van der Waals surface area contributed by atoms with Crippen LogP contribution in [0.3, 0.4) is 0 Å². The molecule has 1 heterocycles. The van der Waals surface area contributed by atoms with Crippen LogP contribution in [0.4, 0.5) is 4.79 Å². The summed E-state index contributed by atoms with van der Waals surface area (Å²) in [6.45, 7) is 5.27. The summed E-state index contributed by atoms with van der Waals surface area (Å²) in [5.41, 5.74) is -0.219. The molecule has 0 unspecified atom stereocenters. The van der Waals surface area contributed by atoms with Crippen LogP contribution in [0, 0.1) is 5.41 Å². The number of amides is 2. The summed E-state index contributed by atoms with van der Waals surface area (Å²) >= 11 is 0. The van der Waals surface area contributed by atoms with Crippen LogP contribution in [0.2, 0.25) is 0 Å². The second-order valence-corrected chi connectivity index (χ2v) is 5.96. The normalized spacial score (nSPS) is 23.1. The second-order valence-electron chi connectivity index (χ2n) is 5.96. The molecule has 6 nitrogen and oxygen atoms in total. The van der Waals surface area contributed by atoms with E-state index in [9.17, 15) is 9.59 Å². The molecule has 0 bridgehead atoms. The molecule has 0 atom stereocenters. The molecule has 2 fully saturated rings. The van der Waals surface area contributed by atoms with E-state index in [-0.39, 0.29) is 12.6 Å². The smallest absolute Gasteiger partial charge is 0.329 e. The van der Waals surface area contributed by atoms with Gasteiger partial charge in [-0.15, -0.1) is 0 Å². The van der Waals surface area contributed by atoms with Crippen molar-refractivity contribution in [2.45, 2.75) is 32.3 Å². The molecule has 6 heteroatoms. The Balaban J connectivity index is 1.67. The molecule has 1 saturated carbocycles. The topological polar surface area (TPSA) is 78.9 Å². The highest BCUT2D eigenvalue weighted by molar-refractivity contribution is 5.75. The van der Waals surface area contributed by atoms with Crippen LogP contribution in [-0.4, -0.2) is 53.8 Å². The molecule has 18 heavy (non-hydrogen) atoms. The zero-order valence-corrected chi connectivity index (χ0v) is 10.9. The molecule has 0 aromatic carbocycles. The van der Waals surface area contributed by atoms with Crippen molar-refractivity contribution in [3.05, 3.63) is 0 Å². The lowest BCUT2D eigenvalue weighted by Crippen LogP contribution is -2.65. The van der Waals surface area contributed by atoms with Gasteiger partial charge in [0.25, 0.3) is 0 Å². The van der Waals surface area contributed by atoms with Crippen molar-refractivity contribution < 1.29 is 19.4 Å². The van der Waals surface area contributed by atoms with Crippen molar-refractivity contribution in [3.8, 4) is 0 Å². The standard InChI is InChI=1S/C12H20N2O4/c1-11(3-4-11)6-13-10(17)14-7-12(2,8-14)18-5-9(15)16/h3-8H2,1-2H3,(H,13,17)(H,15,16). The molecular formula is C12H20N2O4. The maximum atomic E-state index is 11.8. The van der Waals surface area contributed by atoms with E-state index in [1.54, 1.807) is 4.90 Å². The average Bonchev–Trinajstić information content (AvgIpc) is 2.98. The van der Waals surface area contributed by atoms with E-state index in [1.807, 2.05) is 6.92 Å². The molecule has 102 valence electrons. The van der Waals surface area contributed by atoms with E-state index in [0.29, 0.717) is 18.5 Å². The number of carboxylic acid groups (broad SMARTS) is 1. The van der Waals surface area contributed by atoms with E-state index in [0.717, 1.165) is 6.54 Å². The molecule has 0 aromatic heterocycles. The zero-order chi connectivity index (χ0) is 13.4. The molecule has 1 aliphatic carbocycles. The second kappa shape index (κ2) is 4.42. The third kappa shape index (κ3) is 3.13. The molecule has 0 aromatic rings. The summed E-state index contributed by atoms with van der Waals surface area (Å²) in [5.74, 6) is -0.985. The van der Waals surface area contributed by atoms with Gasteiger partial charge in [0.15, 0.2) is 0 Å². The Morgan fingerprint density at radius 1 is 1.33 bits per heavy atom. The molecule has 2 N–H and O–H groups in total. The fourth-order valence-corrected chi connectivity index (χ4v) is 2.02. The first-order valence-corrected chi connectivity index (χ1v) is 6.21. The van der Waals surface area contributed by atoms with Gasteiger partial charge in [0.1, 0.15) is 12.2 Å². The van der Waals surface area contributed by atoms with E-state index in [1.165, 1.54) is 12.8 Å². The number of hydrogen-bond donors (Lipinski definition) is 2. The number of ether oxygens (including phenoxy) is 1. The zero-order valence-electron chi connectivity index (χ0n) is 10.9. The Bertz CT molecular complexity index is 359. The SMILES string of the molecule is CC1(CNC(=O)N2CC(C)(OCC(=O)O)C2)CC1. The minimum absolute atomic E-state index is 0.0838. The van der Waals surface area contributed by atoms with Crippen LogP contribution in [0.15, 0.2) is 0 Å². The van der Waals surface area contributed by atoms with Gasteiger partial charge in [-0.3, -0.25) is 0 Å². The van der Waals surface area contributed by atoms with Crippen LogP contribution < -0.4 is 5.32 Å². The molecule has 2 rings (SSSR count). The highest BCUT2D eigenvalue weighted by Gasteiger charge is 2.44. The number of nitrogens with zero attached hydrogens (tertiary/aromatic N) is 1. The van der Waals surface area contributed by atoms with E-state index in [2.05, 4.69) is 12.2 Å². The fraction of sp³-hybridized carbons (Fsp3) is 0.833. The number of urea groups is 1. The van der Waals surface area contributed by atoms with Crippen molar-refractivity contribution >= 4 is 12.0 Å². The van der Waals surface area contributed by atoms with E-state index in [4.69, 9.17) is 9.84 Å². The molecule has 2 amide bonds. The lowest BCUT2D eigenvalue weighted by molar-refractivity contribution is -0.159. The number of hydrogen-bond acceptors (Lipinski definition) is 3. The Hall–Kier alpha value is -1.30. The number of carbonyl (C=O) groups excluding carboxylic acids is 1. The molecule has 0 spiro atoms. The van der Waals surface area contributed by atoms with Gasteiger partial charge in [0.05, 0.1) is 13.1 Å². The molecule has 0 radical (unpaired) electrons. The summed E-state index contributed by atoms with van der Waals surface area (Å²) in [7, 11) is 0. The quantitative estimate of drug-likeness (QED) is 0.758. The van der Waals surface area contributed by atoms with Gasteiger partial charge in [-0.1, -0.05) is 6.92 Å². The maximum absolute atomic E-state index is 11.8. The van der Waals surface area contributed by atoms with Crippen LogP contribution in [0.25, 0.3) is 0 Å². The van der Waals surface area contributed by atoms with Crippen LogP contribution >= 0.6 is 0 Å². The van der Waals surface area contributed by atoms with Gasteiger partial charge >= 0.3 is 12.0 Å². The summed E-state index contributed by atoms with van der Waals surface area (Å²) in [6.07, 6.45) is 2.35. The number of nitrogens with one attached hydrogen (secondary N) is 1. The maximum Gasteiger partial charge on any atom is 0.329 e. The molecule has 2 aliphatic rings. The Morgan fingerprint density at radius 3 is 2.44 bits per heavy atom. The highest BCUT2D eigenvalue weighted by Crippen LogP contribution is 2.44. The van der Waals surface area contributed by atoms with E-state index >= 15 is 0 Å². The molecule has 1 aliphatic heterocycles. The predicted octanol–water partition coefficient (Wildman–Crippen LogP) is 0.672. The van der Waals surface area contributed by atoms with Gasteiger partial charge in [-0.25, -0.2) is 9.59 Å². The summed E-state index contributed by atoms with van der Waals surface area (Å²) < 4.78 is 5.24. The Morgan fingerprint density at radius 2 is 1.94 bits per heavy atom. The number of likely N-dealkylation sites (tertiary alicyclic amines) is 1. The Labute approximate surface area is 106 Å². The number of rotatable bonds is 5. The van der Waals surface area contributed by atoms with Crippen molar-refractivity contribution in [1.82, 2.24) is 10.2 Å². The van der Waals surface area contributed by atoms with Crippen molar-refractivity contribution in [2.75, 3.05) is 26.2 Å². The monoisotopic (exact) mass is 256 g/mol. The summed E-state index contributed by atoms with van der Waals surface area (Å²) in [5, 5.41) is 11.4. The number of carboxylic acids is 1. The van der Waals surface area contributed by atoms with E-state index < -0.39 is 11.6 Å². The minimum atomic E-state index is -0.985. The first-order chi connectivity index (χ1) is 8.32. The van der Waals surface area contributed by atoms with Crippen LogP contribution in [0.5, 0.6) is 0 Å². The van der Waals surface area contributed by atoms with Crippen molar-refractivity contribution in [2.24, 2.45) is 5.41 Å². The van der Waals surface area contributed by atoms with Gasteiger partial charge in [-0.2, -0.15) is 0 Å². The van der Waals surface area contributed by atoms with Crippen molar-refractivity contribution in [1.29, 1.82) is 0 Å². The third-order valence-corrected chi connectivity index (χ3v) is 3.65. The third-order valence-electron chi connectivity index (χ3n) is 3.65. The van der Waals surface area contributed by atoms with Gasteiger partial charge in [-0.05, 0) is 25.2 Å².